The summed E-state index contributed by atoms with van der Waals surface area (Å²) in [5.41, 5.74) is 5.80. The summed E-state index contributed by atoms with van der Waals surface area (Å²) < 4.78 is 0. The lowest BCUT2D eigenvalue weighted by molar-refractivity contribution is -0.385. The molecule has 7 heteroatoms. The molecule has 0 atom stereocenters. The van der Waals surface area contributed by atoms with E-state index >= 15 is 0 Å². The third kappa shape index (κ3) is 3.95. The van der Waals surface area contributed by atoms with E-state index in [4.69, 9.17) is 5.73 Å². The summed E-state index contributed by atoms with van der Waals surface area (Å²) in [6.07, 6.45) is 0. The number of nitrogens with zero attached hydrogens (tertiary/aromatic N) is 2. The van der Waals surface area contributed by atoms with Crippen LogP contribution in [0.5, 0.6) is 0 Å². The Labute approximate surface area is 103 Å². The Balaban J connectivity index is 2.78. The van der Waals surface area contributed by atoms with Crippen molar-refractivity contribution < 1.29 is 9.72 Å². The Morgan fingerprint density at radius 2 is 2.12 bits per heavy atom. The zero-order chi connectivity index (χ0) is 13.0. The third-order valence-corrected chi connectivity index (χ3v) is 2.95. The summed E-state index contributed by atoms with van der Waals surface area (Å²) in [4.78, 5) is 23.6. The van der Waals surface area contributed by atoms with Crippen molar-refractivity contribution in [2.45, 2.75) is 4.90 Å². The first-order valence-corrected chi connectivity index (χ1v) is 5.76. The molecule has 0 heterocycles. The average molecular weight is 255 g/mol. The molecule has 1 aromatic carbocycles. The van der Waals surface area contributed by atoms with E-state index in [0.717, 1.165) is 0 Å². The number of anilines is 1. The van der Waals surface area contributed by atoms with Gasteiger partial charge in [0, 0.05) is 36.8 Å². The molecule has 0 aliphatic rings. The van der Waals surface area contributed by atoms with Crippen molar-refractivity contribution in [2.75, 3.05) is 25.6 Å². The van der Waals surface area contributed by atoms with Crippen molar-refractivity contribution in [2.24, 2.45) is 0 Å². The van der Waals surface area contributed by atoms with Crippen LogP contribution in [-0.4, -0.2) is 35.6 Å². The molecule has 0 fully saturated rings. The number of nitrogens with two attached hydrogens (primary N) is 1. The molecule has 6 nitrogen and oxygen atoms in total. The first-order valence-electron chi connectivity index (χ1n) is 4.78. The van der Waals surface area contributed by atoms with Crippen LogP contribution < -0.4 is 5.73 Å². The maximum absolute atomic E-state index is 11.4. The first-order chi connectivity index (χ1) is 7.90. The van der Waals surface area contributed by atoms with E-state index in [1.807, 2.05) is 0 Å². The van der Waals surface area contributed by atoms with Crippen molar-refractivity contribution in [3.8, 4) is 0 Å². The number of thioether (sulfide) groups is 1. The monoisotopic (exact) mass is 255 g/mol. The van der Waals surface area contributed by atoms with E-state index in [1.54, 1.807) is 20.2 Å². The first kappa shape index (κ1) is 13.3. The molecule has 2 N–H and O–H groups in total. The van der Waals surface area contributed by atoms with Gasteiger partial charge in [0.25, 0.3) is 5.69 Å². The summed E-state index contributed by atoms with van der Waals surface area (Å²) in [6.45, 7) is 0. The highest BCUT2D eigenvalue weighted by Crippen LogP contribution is 2.26. The number of non-ortho nitro benzene ring substituents is 1. The van der Waals surface area contributed by atoms with Crippen molar-refractivity contribution in [1.29, 1.82) is 0 Å². The topological polar surface area (TPSA) is 89.5 Å². The van der Waals surface area contributed by atoms with Gasteiger partial charge < -0.3 is 10.6 Å². The number of nitrogen functional groups attached to an aromatic ring is 1. The summed E-state index contributed by atoms with van der Waals surface area (Å²) in [7, 11) is 3.31. The minimum absolute atomic E-state index is 0.0555. The number of hydrogen-bond donors (Lipinski definition) is 1. The number of rotatable bonds is 4. The third-order valence-electron chi connectivity index (χ3n) is 1.99. The minimum atomic E-state index is -0.506. The van der Waals surface area contributed by atoms with Crippen LogP contribution in [0.25, 0.3) is 0 Å². The molecule has 0 spiro atoms. The molecule has 0 radical (unpaired) electrons. The van der Waals surface area contributed by atoms with E-state index in [-0.39, 0.29) is 17.3 Å². The van der Waals surface area contributed by atoms with Gasteiger partial charge in [-0.05, 0) is 6.07 Å². The van der Waals surface area contributed by atoms with E-state index in [9.17, 15) is 14.9 Å². The van der Waals surface area contributed by atoms with Crippen LogP contribution in [0.2, 0.25) is 0 Å². The summed E-state index contributed by atoms with van der Waals surface area (Å²) in [5, 5.41) is 10.6. The zero-order valence-electron chi connectivity index (χ0n) is 9.54. The van der Waals surface area contributed by atoms with Crippen LogP contribution in [0, 0.1) is 10.1 Å². The summed E-state index contributed by atoms with van der Waals surface area (Å²) >= 11 is 1.23. The molecule has 1 amide bonds. The van der Waals surface area contributed by atoms with Gasteiger partial charge >= 0.3 is 0 Å². The Bertz CT molecular complexity index is 448. The molecule has 0 bridgehead atoms. The lowest BCUT2D eigenvalue weighted by atomic mass is 10.3. The zero-order valence-corrected chi connectivity index (χ0v) is 10.4. The smallest absolute Gasteiger partial charge is 0.272 e. The fourth-order valence-electron chi connectivity index (χ4n) is 1.07. The van der Waals surface area contributed by atoms with Crippen LogP contribution >= 0.6 is 11.8 Å². The SMILES string of the molecule is CN(C)C(=O)CSc1cc(N)cc([N+](=O)[O-])c1. The van der Waals surface area contributed by atoms with Crippen LogP contribution in [0.1, 0.15) is 0 Å². The Hall–Kier alpha value is -1.76. The maximum Gasteiger partial charge on any atom is 0.272 e. The molecule has 0 aromatic heterocycles. The molecule has 0 aliphatic carbocycles. The van der Waals surface area contributed by atoms with Gasteiger partial charge in [-0.25, -0.2) is 0 Å². The number of carbonyl (C=O) groups is 1. The number of nitro groups is 1. The summed E-state index contributed by atoms with van der Waals surface area (Å²) in [5.74, 6) is 0.174. The van der Waals surface area contributed by atoms with Gasteiger partial charge in [-0.15, -0.1) is 11.8 Å². The average Bonchev–Trinajstić information content (AvgIpc) is 2.24. The van der Waals surface area contributed by atoms with Gasteiger partial charge in [-0.2, -0.15) is 0 Å². The van der Waals surface area contributed by atoms with Crippen molar-refractivity contribution in [3.05, 3.63) is 28.3 Å². The minimum Gasteiger partial charge on any atom is -0.398 e. The number of amides is 1. The number of benzene rings is 1. The van der Waals surface area contributed by atoms with E-state index in [1.165, 1.54) is 28.8 Å². The van der Waals surface area contributed by atoms with Gasteiger partial charge in [0.15, 0.2) is 0 Å². The molecule has 17 heavy (non-hydrogen) atoms. The lowest BCUT2D eigenvalue weighted by Crippen LogP contribution is -2.23. The van der Waals surface area contributed by atoms with Crippen molar-refractivity contribution in [3.63, 3.8) is 0 Å². The Kier molecular flexibility index (Phi) is 4.33. The molecule has 0 saturated carbocycles. The molecule has 0 unspecified atom stereocenters. The largest absolute Gasteiger partial charge is 0.398 e. The molecule has 0 saturated heterocycles. The molecule has 0 aliphatic heterocycles. The Morgan fingerprint density at radius 3 is 2.65 bits per heavy atom. The van der Waals surface area contributed by atoms with Crippen LogP contribution in [0.15, 0.2) is 23.1 Å². The quantitative estimate of drug-likeness (QED) is 0.379. The Morgan fingerprint density at radius 1 is 1.47 bits per heavy atom. The van der Waals surface area contributed by atoms with E-state index in [2.05, 4.69) is 0 Å². The highest BCUT2D eigenvalue weighted by Gasteiger charge is 2.10. The lowest BCUT2D eigenvalue weighted by Gasteiger charge is -2.09. The van der Waals surface area contributed by atoms with Crippen LogP contribution in [-0.2, 0) is 4.79 Å². The van der Waals surface area contributed by atoms with Crippen molar-refractivity contribution >= 4 is 29.0 Å². The fraction of sp³-hybridized carbons (Fsp3) is 0.300. The molecule has 1 rings (SSSR count). The van der Waals surface area contributed by atoms with Gasteiger partial charge in [-0.3, -0.25) is 14.9 Å². The highest BCUT2D eigenvalue weighted by molar-refractivity contribution is 8.00. The van der Waals surface area contributed by atoms with Gasteiger partial charge in [-0.1, -0.05) is 0 Å². The second-order valence-corrected chi connectivity index (χ2v) is 4.64. The second-order valence-electron chi connectivity index (χ2n) is 3.59. The van der Waals surface area contributed by atoms with E-state index < -0.39 is 4.92 Å². The second kappa shape index (κ2) is 5.53. The molecule has 92 valence electrons. The summed E-state index contributed by atoms with van der Waals surface area (Å²) in [6, 6.07) is 4.31. The fourth-order valence-corrected chi connectivity index (χ4v) is 2.04. The van der Waals surface area contributed by atoms with Crippen LogP contribution in [0.4, 0.5) is 11.4 Å². The number of hydrogen-bond acceptors (Lipinski definition) is 5. The normalized spacial score (nSPS) is 10.0. The van der Waals surface area contributed by atoms with E-state index in [0.29, 0.717) is 10.6 Å². The van der Waals surface area contributed by atoms with Gasteiger partial charge in [0.1, 0.15) is 0 Å². The number of carbonyl (C=O) groups excluding carboxylic acids is 1. The molecular weight excluding hydrogens is 242 g/mol. The van der Waals surface area contributed by atoms with Crippen LogP contribution in [0.3, 0.4) is 0 Å². The number of nitro benzene ring substituents is 1. The standard InChI is InChI=1S/C10H13N3O3S/c1-12(2)10(14)6-17-9-4-7(11)3-8(5-9)13(15)16/h3-5H,6,11H2,1-2H3. The van der Waals surface area contributed by atoms with Gasteiger partial charge in [0.2, 0.25) is 5.91 Å². The van der Waals surface area contributed by atoms with Crippen molar-refractivity contribution in [1.82, 2.24) is 4.90 Å². The predicted molar refractivity (Wildman–Crippen MR) is 66.9 cm³/mol. The predicted octanol–water partition coefficient (Wildman–Crippen LogP) is 1.36. The highest BCUT2D eigenvalue weighted by atomic mass is 32.2. The maximum atomic E-state index is 11.4. The van der Waals surface area contributed by atoms with Gasteiger partial charge in [0.05, 0.1) is 10.7 Å². The molecular formula is C10H13N3O3S. The molecule has 1 aromatic rings.